The molecule has 0 radical (unpaired) electrons. The molecule has 0 unspecified atom stereocenters. The van der Waals surface area contributed by atoms with Gasteiger partial charge in [-0.3, -0.25) is 9.48 Å². The molecule has 0 atom stereocenters. The Balaban J connectivity index is 2.18. The van der Waals surface area contributed by atoms with Crippen molar-refractivity contribution in [3.8, 4) is 0 Å². The highest BCUT2D eigenvalue weighted by Gasteiger charge is 2.14. The maximum Gasteiger partial charge on any atom is 0.277 e. The van der Waals surface area contributed by atoms with Gasteiger partial charge in [0.25, 0.3) is 5.91 Å². The van der Waals surface area contributed by atoms with Crippen LogP contribution in [0.5, 0.6) is 0 Å². The summed E-state index contributed by atoms with van der Waals surface area (Å²) in [5.74, 6) is -0.309. The second kappa shape index (κ2) is 4.37. The maximum atomic E-state index is 11.8. The molecule has 82 valence electrons. The predicted octanol–water partition coefficient (Wildman–Crippen LogP) is 2.33. The molecule has 1 heterocycles. The third-order valence-electron chi connectivity index (χ3n) is 2.03. The summed E-state index contributed by atoms with van der Waals surface area (Å²) >= 11 is 5.86. The molecule has 1 N–H and O–H groups in total. The lowest BCUT2D eigenvalue weighted by Gasteiger charge is -2.02. The lowest BCUT2D eigenvalue weighted by Crippen LogP contribution is -2.13. The van der Waals surface area contributed by atoms with Crippen molar-refractivity contribution in [2.75, 3.05) is 5.32 Å². The molecule has 0 aliphatic carbocycles. The van der Waals surface area contributed by atoms with Crippen molar-refractivity contribution >= 4 is 23.2 Å². The van der Waals surface area contributed by atoms with E-state index in [-0.39, 0.29) is 11.6 Å². The van der Waals surface area contributed by atoms with E-state index in [9.17, 15) is 4.79 Å². The highest BCUT2D eigenvalue weighted by atomic mass is 35.5. The average Bonchev–Trinajstić information content (AvgIpc) is 2.59. The first kappa shape index (κ1) is 10.7. The topological polar surface area (TPSA) is 46.9 Å². The minimum Gasteiger partial charge on any atom is -0.321 e. The molecule has 1 aromatic heterocycles. The summed E-state index contributed by atoms with van der Waals surface area (Å²) < 4.78 is 1.50. The number of nitrogens with zero attached hydrogens (tertiary/aromatic N) is 2. The fourth-order valence-electron chi connectivity index (χ4n) is 1.33. The quantitative estimate of drug-likeness (QED) is 0.869. The summed E-state index contributed by atoms with van der Waals surface area (Å²) in [5, 5.41) is 7.04. The zero-order valence-electron chi connectivity index (χ0n) is 8.64. The van der Waals surface area contributed by atoms with E-state index in [1.54, 1.807) is 25.4 Å². The van der Waals surface area contributed by atoms with E-state index in [2.05, 4.69) is 10.4 Å². The van der Waals surface area contributed by atoms with Gasteiger partial charge < -0.3 is 5.32 Å². The smallest absolute Gasteiger partial charge is 0.277 e. The Morgan fingerprint density at radius 2 is 2.06 bits per heavy atom. The van der Waals surface area contributed by atoms with Gasteiger partial charge in [0.1, 0.15) is 0 Å². The number of benzene rings is 1. The van der Waals surface area contributed by atoms with Crippen LogP contribution < -0.4 is 5.32 Å². The zero-order valence-corrected chi connectivity index (χ0v) is 9.40. The number of nitrogens with one attached hydrogen (secondary N) is 1. The van der Waals surface area contributed by atoms with Crippen molar-refractivity contribution < 1.29 is 4.79 Å². The SMILES string of the molecule is Cn1cc(Cl)c(C(=O)Nc2ccccc2)n1. The molecule has 16 heavy (non-hydrogen) atoms. The number of hydrogen-bond donors (Lipinski definition) is 1. The van der Waals surface area contributed by atoms with Crippen molar-refractivity contribution in [2.45, 2.75) is 0 Å². The number of aryl methyl sites for hydroxylation is 1. The van der Waals surface area contributed by atoms with E-state index in [0.717, 1.165) is 0 Å². The van der Waals surface area contributed by atoms with Crippen molar-refractivity contribution in [1.29, 1.82) is 0 Å². The minimum absolute atomic E-state index is 0.230. The van der Waals surface area contributed by atoms with Gasteiger partial charge in [-0.05, 0) is 12.1 Å². The molecule has 4 nitrogen and oxygen atoms in total. The third kappa shape index (κ3) is 2.23. The van der Waals surface area contributed by atoms with Crippen molar-refractivity contribution in [2.24, 2.45) is 7.05 Å². The lowest BCUT2D eigenvalue weighted by molar-refractivity contribution is 0.102. The summed E-state index contributed by atoms with van der Waals surface area (Å²) in [7, 11) is 1.71. The van der Waals surface area contributed by atoms with Crippen LogP contribution in [0.2, 0.25) is 5.02 Å². The Bertz CT molecular complexity index is 507. The van der Waals surface area contributed by atoms with Crippen LogP contribution in [0.1, 0.15) is 10.5 Å². The Hall–Kier alpha value is -1.81. The van der Waals surface area contributed by atoms with E-state index < -0.39 is 0 Å². The third-order valence-corrected chi connectivity index (χ3v) is 2.31. The van der Waals surface area contributed by atoms with Crippen LogP contribution in [0.4, 0.5) is 5.69 Å². The number of para-hydroxylation sites is 1. The zero-order chi connectivity index (χ0) is 11.5. The predicted molar refractivity (Wildman–Crippen MR) is 62.6 cm³/mol. The first-order valence-electron chi connectivity index (χ1n) is 4.72. The molecule has 0 saturated heterocycles. The number of amides is 1. The normalized spacial score (nSPS) is 10.1. The second-order valence-corrected chi connectivity index (χ2v) is 3.73. The summed E-state index contributed by atoms with van der Waals surface area (Å²) in [6, 6.07) is 9.16. The van der Waals surface area contributed by atoms with Gasteiger partial charge in [-0.15, -0.1) is 0 Å². The van der Waals surface area contributed by atoms with E-state index in [1.165, 1.54) is 4.68 Å². The number of carbonyl (C=O) groups is 1. The molecule has 0 bridgehead atoms. The highest BCUT2D eigenvalue weighted by Crippen LogP contribution is 2.15. The number of rotatable bonds is 2. The highest BCUT2D eigenvalue weighted by molar-refractivity contribution is 6.34. The van der Waals surface area contributed by atoms with Crippen LogP contribution in [-0.4, -0.2) is 15.7 Å². The Kier molecular flexibility index (Phi) is 2.92. The van der Waals surface area contributed by atoms with Gasteiger partial charge in [0.15, 0.2) is 5.69 Å². The van der Waals surface area contributed by atoms with Crippen LogP contribution in [0.15, 0.2) is 36.5 Å². The maximum absolute atomic E-state index is 11.8. The largest absolute Gasteiger partial charge is 0.321 e. The molecular weight excluding hydrogens is 226 g/mol. The van der Waals surface area contributed by atoms with Gasteiger partial charge in [-0.25, -0.2) is 0 Å². The van der Waals surface area contributed by atoms with Crippen LogP contribution in [0.3, 0.4) is 0 Å². The monoisotopic (exact) mass is 235 g/mol. The van der Waals surface area contributed by atoms with Crippen LogP contribution in [0, 0.1) is 0 Å². The van der Waals surface area contributed by atoms with Crippen molar-refractivity contribution in [1.82, 2.24) is 9.78 Å². The Morgan fingerprint density at radius 3 is 2.62 bits per heavy atom. The molecular formula is C11H10ClN3O. The minimum atomic E-state index is -0.309. The molecule has 2 aromatic rings. The summed E-state index contributed by atoms with van der Waals surface area (Å²) in [4.78, 5) is 11.8. The Morgan fingerprint density at radius 1 is 1.38 bits per heavy atom. The molecule has 0 spiro atoms. The first-order valence-corrected chi connectivity index (χ1v) is 5.10. The molecule has 5 heteroatoms. The fourth-order valence-corrected chi connectivity index (χ4v) is 1.59. The average molecular weight is 236 g/mol. The summed E-state index contributed by atoms with van der Waals surface area (Å²) in [6.07, 6.45) is 1.58. The molecule has 1 aromatic carbocycles. The van der Waals surface area contributed by atoms with Gasteiger partial charge in [0.2, 0.25) is 0 Å². The van der Waals surface area contributed by atoms with Gasteiger partial charge in [0.05, 0.1) is 5.02 Å². The number of anilines is 1. The number of hydrogen-bond acceptors (Lipinski definition) is 2. The number of aromatic nitrogens is 2. The summed E-state index contributed by atoms with van der Waals surface area (Å²) in [6.45, 7) is 0. The van der Waals surface area contributed by atoms with Crippen molar-refractivity contribution in [3.63, 3.8) is 0 Å². The van der Waals surface area contributed by atoms with Crippen LogP contribution >= 0.6 is 11.6 Å². The second-order valence-electron chi connectivity index (χ2n) is 3.32. The van der Waals surface area contributed by atoms with E-state index in [1.807, 2.05) is 18.2 Å². The molecule has 0 fully saturated rings. The molecule has 1 amide bonds. The van der Waals surface area contributed by atoms with Gasteiger partial charge >= 0.3 is 0 Å². The van der Waals surface area contributed by atoms with E-state index >= 15 is 0 Å². The van der Waals surface area contributed by atoms with Gasteiger partial charge in [-0.1, -0.05) is 29.8 Å². The summed E-state index contributed by atoms with van der Waals surface area (Å²) in [5.41, 5.74) is 0.947. The van der Waals surface area contributed by atoms with E-state index in [0.29, 0.717) is 10.7 Å². The Labute approximate surface area is 97.8 Å². The molecule has 0 aliphatic rings. The van der Waals surface area contributed by atoms with Gasteiger partial charge in [0, 0.05) is 18.9 Å². The van der Waals surface area contributed by atoms with Crippen LogP contribution in [0.25, 0.3) is 0 Å². The van der Waals surface area contributed by atoms with Gasteiger partial charge in [-0.2, -0.15) is 5.10 Å². The molecule has 0 aliphatic heterocycles. The van der Waals surface area contributed by atoms with Crippen LogP contribution in [-0.2, 0) is 7.05 Å². The van der Waals surface area contributed by atoms with Crippen molar-refractivity contribution in [3.05, 3.63) is 47.2 Å². The number of carbonyl (C=O) groups excluding carboxylic acids is 1. The molecule has 2 rings (SSSR count). The standard InChI is InChI=1S/C11H10ClN3O/c1-15-7-9(12)10(14-15)11(16)13-8-5-3-2-4-6-8/h2-7H,1H3,(H,13,16). The number of halogens is 1. The van der Waals surface area contributed by atoms with E-state index in [4.69, 9.17) is 11.6 Å². The molecule has 0 saturated carbocycles. The fraction of sp³-hybridized carbons (Fsp3) is 0.0909. The lowest BCUT2D eigenvalue weighted by atomic mass is 10.3. The first-order chi connectivity index (χ1) is 7.66.